The Kier molecular flexibility index (Phi) is 3.44. The Morgan fingerprint density at radius 2 is 2.36 bits per heavy atom. The van der Waals surface area contributed by atoms with Crippen LogP contribution in [-0.4, -0.2) is 4.98 Å². The van der Waals surface area contributed by atoms with Gasteiger partial charge in [0.25, 0.3) is 0 Å². The number of halogens is 1. The van der Waals surface area contributed by atoms with E-state index in [9.17, 15) is 0 Å². The molecule has 0 aliphatic heterocycles. The molecule has 0 fully saturated rings. The predicted octanol–water partition coefficient (Wildman–Crippen LogP) is 1.40. The van der Waals surface area contributed by atoms with Crippen molar-refractivity contribution in [1.29, 1.82) is 5.26 Å². The normalized spacial score (nSPS) is 12.6. The molecule has 1 rings (SSSR count). The van der Waals surface area contributed by atoms with E-state index in [0.29, 0.717) is 16.1 Å². The highest BCUT2D eigenvalue weighted by Gasteiger charge is 1.91. The summed E-state index contributed by atoms with van der Waals surface area (Å²) >= 11 is 5.74. The van der Waals surface area contributed by atoms with Crippen molar-refractivity contribution in [3.8, 4) is 6.07 Å². The lowest BCUT2D eigenvalue weighted by atomic mass is 10.2. The van der Waals surface area contributed by atoms with Gasteiger partial charge in [0.2, 0.25) is 0 Å². The topological polar surface area (TPSA) is 36.7 Å². The molecular weight excluding hydrogens is 196 g/mol. The number of nitrogens with zero attached hydrogens (tertiary/aromatic N) is 2. The maximum absolute atomic E-state index is 8.58. The van der Waals surface area contributed by atoms with E-state index in [1.54, 1.807) is 12.1 Å². The molecule has 0 aliphatic rings. The van der Waals surface area contributed by atoms with Crippen LogP contribution in [0.1, 0.15) is 6.92 Å². The molecule has 2 nitrogen and oxygen atoms in total. The highest BCUT2D eigenvalue weighted by atomic mass is 35.5. The van der Waals surface area contributed by atoms with Gasteiger partial charge in [0.05, 0.1) is 11.4 Å². The first-order chi connectivity index (χ1) is 6.67. The number of hydrogen-bond acceptors (Lipinski definition) is 2. The second-order valence-corrected chi connectivity index (χ2v) is 3.07. The zero-order valence-electron chi connectivity index (χ0n) is 7.79. The number of aromatic nitrogens is 1. The van der Waals surface area contributed by atoms with Crippen molar-refractivity contribution in [1.82, 2.24) is 4.98 Å². The third-order valence-electron chi connectivity index (χ3n) is 1.69. The van der Waals surface area contributed by atoms with E-state index >= 15 is 0 Å². The van der Waals surface area contributed by atoms with E-state index in [1.165, 1.54) is 0 Å². The minimum Gasteiger partial charge on any atom is -0.236 e. The van der Waals surface area contributed by atoms with Gasteiger partial charge in [0.15, 0.2) is 0 Å². The second-order valence-electron chi connectivity index (χ2n) is 2.68. The molecule has 1 aromatic rings. The van der Waals surface area contributed by atoms with Crippen LogP contribution in [0.25, 0.3) is 12.2 Å². The number of allylic oxidation sites excluding steroid dienone is 1. The van der Waals surface area contributed by atoms with Gasteiger partial charge in [-0.15, -0.1) is 0 Å². The van der Waals surface area contributed by atoms with E-state index in [-0.39, 0.29) is 0 Å². The lowest BCUT2D eigenvalue weighted by molar-refractivity contribution is 1.22. The average Bonchev–Trinajstić information content (AvgIpc) is 2.18. The monoisotopic (exact) mass is 204 g/mol. The summed E-state index contributed by atoms with van der Waals surface area (Å²) in [6.07, 6.45) is 3.51. The third kappa shape index (κ3) is 2.45. The molecule has 0 aliphatic carbocycles. The summed E-state index contributed by atoms with van der Waals surface area (Å²) in [6, 6.07) is 5.50. The van der Waals surface area contributed by atoms with Gasteiger partial charge in [0, 0.05) is 5.57 Å². The van der Waals surface area contributed by atoms with Crippen molar-refractivity contribution < 1.29 is 0 Å². The molecule has 3 heteroatoms. The summed E-state index contributed by atoms with van der Waals surface area (Å²) in [7, 11) is 0. The molecule has 70 valence electrons. The van der Waals surface area contributed by atoms with Gasteiger partial charge in [0.1, 0.15) is 5.15 Å². The molecule has 0 N–H and O–H groups in total. The predicted molar refractivity (Wildman–Crippen MR) is 57.9 cm³/mol. The highest BCUT2D eigenvalue weighted by Crippen LogP contribution is 1.95. The summed E-state index contributed by atoms with van der Waals surface area (Å²) in [5.41, 5.74) is 0.364. The minimum atomic E-state index is 0.364. The fourth-order valence-corrected chi connectivity index (χ4v) is 1.17. The summed E-state index contributed by atoms with van der Waals surface area (Å²) in [4.78, 5) is 4.10. The van der Waals surface area contributed by atoms with Crippen LogP contribution in [0.2, 0.25) is 5.15 Å². The summed E-state index contributed by atoms with van der Waals surface area (Å²) in [5.74, 6) is 0. The molecule has 14 heavy (non-hydrogen) atoms. The van der Waals surface area contributed by atoms with E-state index in [2.05, 4.69) is 11.6 Å². The van der Waals surface area contributed by atoms with Crippen molar-refractivity contribution in [3.63, 3.8) is 0 Å². The Balaban J connectivity index is 3.49. The molecule has 0 aromatic carbocycles. The molecule has 0 bridgehead atoms. The molecule has 0 saturated carbocycles. The quantitative estimate of drug-likeness (QED) is 0.512. The number of hydrogen-bond donors (Lipinski definition) is 0. The Bertz CT molecular complexity index is 509. The smallest absolute Gasteiger partial charge is 0.129 e. The molecule has 0 radical (unpaired) electrons. The van der Waals surface area contributed by atoms with Crippen molar-refractivity contribution in [2.45, 2.75) is 6.92 Å². The van der Waals surface area contributed by atoms with Gasteiger partial charge in [-0.2, -0.15) is 5.26 Å². The molecule has 0 spiro atoms. The fraction of sp³-hybridized carbons (Fsp3) is 0.0909. The lowest BCUT2D eigenvalue weighted by Crippen LogP contribution is -2.27. The van der Waals surface area contributed by atoms with Crippen molar-refractivity contribution >= 4 is 23.8 Å². The lowest BCUT2D eigenvalue weighted by Gasteiger charge is -1.91. The maximum atomic E-state index is 8.58. The SMILES string of the molecule is C=C(C#N)/C=c1/nc(Cl)cc/c1=C/C. The molecule has 0 unspecified atom stereocenters. The summed E-state index contributed by atoms with van der Waals surface area (Å²) in [5, 5.41) is 10.6. The van der Waals surface area contributed by atoms with Crippen LogP contribution in [-0.2, 0) is 0 Å². The Morgan fingerprint density at radius 1 is 1.64 bits per heavy atom. The van der Waals surface area contributed by atoms with Crippen molar-refractivity contribution in [3.05, 3.63) is 40.0 Å². The Morgan fingerprint density at radius 3 is 2.93 bits per heavy atom. The summed E-state index contributed by atoms with van der Waals surface area (Å²) < 4.78 is 0. The fourth-order valence-electron chi connectivity index (χ4n) is 1.02. The van der Waals surface area contributed by atoms with Gasteiger partial charge in [-0.3, -0.25) is 0 Å². The first-order valence-electron chi connectivity index (χ1n) is 4.07. The van der Waals surface area contributed by atoms with Gasteiger partial charge >= 0.3 is 0 Å². The van der Waals surface area contributed by atoms with Crippen LogP contribution in [0.15, 0.2) is 24.3 Å². The maximum Gasteiger partial charge on any atom is 0.129 e. The van der Waals surface area contributed by atoms with Crippen molar-refractivity contribution in [2.75, 3.05) is 0 Å². The first kappa shape index (κ1) is 10.5. The first-order valence-corrected chi connectivity index (χ1v) is 4.45. The Hall–Kier alpha value is -1.59. The van der Waals surface area contributed by atoms with Crippen LogP contribution >= 0.6 is 11.6 Å². The molecule has 0 amide bonds. The van der Waals surface area contributed by atoms with Crippen LogP contribution in [0.5, 0.6) is 0 Å². The molecule has 0 saturated heterocycles. The van der Waals surface area contributed by atoms with E-state index < -0.39 is 0 Å². The van der Waals surface area contributed by atoms with Crippen LogP contribution in [0.3, 0.4) is 0 Å². The van der Waals surface area contributed by atoms with Gasteiger partial charge in [-0.25, -0.2) is 4.98 Å². The average molecular weight is 205 g/mol. The zero-order chi connectivity index (χ0) is 10.6. The van der Waals surface area contributed by atoms with Crippen LogP contribution in [0, 0.1) is 11.3 Å². The summed E-state index contributed by atoms with van der Waals surface area (Å²) in [6.45, 7) is 5.46. The third-order valence-corrected chi connectivity index (χ3v) is 1.90. The number of rotatable bonds is 1. The Labute approximate surface area is 87.5 Å². The van der Waals surface area contributed by atoms with E-state index in [0.717, 1.165) is 5.22 Å². The van der Waals surface area contributed by atoms with Gasteiger partial charge < -0.3 is 0 Å². The van der Waals surface area contributed by atoms with Crippen molar-refractivity contribution in [2.24, 2.45) is 0 Å². The van der Waals surface area contributed by atoms with E-state index in [1.807, 2.05) is 25.1 Å². The largest absolute Gasteiger partial charge is 0.236 e. The van der Waals surface area contributed by atoms with E-state index in [4.69, 9.17) is 16.9 Å². The van der Waals surface area contributed by atoms with Gasteiger partial charge in [-0.1, -0.05) is 30.3 Å². The molecule has 0 atom stereocenters. The molecular formula is C11H9ClN2. The number of nitriles is 1. The van der Waals surface area contributed by atoms with Gasteiger partial charge in [-0.05, 0) is 24.3 Å². The highest BCUT2D eigenvalue weighted by molar-refractivity contribution is 6.29. The standard InChI is InChI=1S/C11H9ClN2/c1-3-9-4-5-11(12)14-10(9)6-8(2)7-13/h3-6H,2H2,1H3/b9-3-,10-6+. The molecule has 1 heterocycles. The minimum absolute atomic E-state index is 0.364. The van der Waals surface area contributed by atoms with Crippen LogP contribution < -0.4 is 10.6 Å². The second kappa shape index (κ2) is 4.59. The number of pyridine rings is 1. The molecule has 1 aromatic heterocycles. The zero-order valence-corrected chi connectivity index (χ0v) is 8.54. The van der Waals surface area contributed by atoms with Crippen LogP contribution in [0.4, 0.5) is 0 Å².